The van der Waals surface area contributed by atoms with Gasteiger partial charge in [0.25, 0.3) is 0 Å². The summed E-state index contributed by atoms with van der Waals surface area (Å²) >= 11 is 0. The summed E-state index contributed by atoms with van der Waals surface area (Å²) in [6.45, 7) is 10.0. The molecule has 0 aromatic carbocycles. The van der Waals surface area contributed by atoms with Crippen LogP contribution < -0.4 is 10.6 Å². The maximum absolute atomic E-state index is 11.1. The zero-order chi connectivity index (χ0) is 11.8. The van der Waals surface area contributed by atoms with Crippen molar-refractivity contribution in [1.82, 2.24) is 10.6 Å². The lowest BCUT2D eigenvalue weighted by Crippen LogP contribution is -2.32. The highest BCUT2D eigenvalue weighted by Crippen LogP contribution is 1.90. The second-order valence-corrected chi connectivity index (χ2v) is 3.84. The van der Waals surface area contributed by atoms with Gasteiger partial charge in [0.1, 0.15) is 0 Å². The van der Waals surface area contributed by atoms with Gasteiger partial charge in [0, 0.05) is 24.6 Å². The van der Waals surface area contributed by atoms with Crippen molar-refractivity contribution in [2.24, 2.45) is 5.92 Å². The fraction of sp³-hybridized carbons (Fsp3) is 0.636. The average Bonchev–Trinajstić information content (AvgIpc) is 2.16. The van der Waals surface area contributed by atoms with Crippen LogP contribution in [0.3, 0.4) is 0 Å². The van der Waals surface area contributed by atoms with Gasteiger partial charge in [0.2, 0.25) is 11.8 Å². The van der Waals surface area contributed by atoms with E-state index in [9.17, 15) is 9.59 Å². The van der Waals surface area contributed by atoms with Crippen LogP contribution in [0.4, 0.5) is 0 Å². The summed E-state index contributed by atoms with van der Waals surface area (Å²) in [5.74, 6) is -0.0820. The highest BCUT2D eigenvalue weighted by molar-refractivity contribution is 5.92. The molecule has 0 aliphatic rings. The first-order valence-electron chi connectivity index (χ1n) is 5.16. The van der Waals surface area contributed by atoms with E-state index in [0.717, 1.165) is 6.42 Å². The monoisotopic (exact) mass is 212 g/mol. The molecule has 0 aromatic rings. The lowest BCUT2D eigenvalue weighted by Gasteiger charge is -2.08. The van der Waals surface area contributed by atoms with Crippen molar-refractivity contribution in [3.05, 3.63) is 12.2 Å². The van der Waals surface area contributed by atoms with Crippen LogP contribution in [0.25, 0.3) is 0 Å². The molecule has 0 aliphatic carbocycles. The van der Waals surface area contributed by atoms with Gasteiger partial charge >= 0.3 is 0 Å². The molecule has 4 heteroatoms. The number of hydrogen-bond donors (Lipinski definition) is 2. The summed E-state index contributed by atoms with van der Waals surface area (Å²) in [5, 5.41) is 5.47. The Morgan fingerprint density at radius 1 is 1.20 bits per heavy atom. The number of rotatable bonds is 6. The summed E-state index contributed by atoms with van der Waals surface area (Å²) in [6.07, 6.45) is 0.734. The van der Waals surface area contributed by atoms with Crippen LogP contribution in [-0.4, -0.2) is 24.9 Å². The van der Waals surface area contributed by atoms with E-state index in [2.05, 4.69) is 17.2 Å². The minimum Gasteiger partial charge on any atom is -0.356 e. The molecule has 0 radical (unpaired) electrons. The maximum atomic E-state index is 11.1. The highest BCUT2D eigenvalue weighted by Gasteiger charge is 2.05. The van der Waals surface area contributed by atoms with Crippen LogP contribution in [0.15, 0.2) is 12.2 Å². The molecule has 0 bridgehead atoms. The fourth-order valence-corrected chi connectivity index (χ4v) is 0.857. The van der Waals surface area contributed by atoms with E-state index in [1.165, 1.54) is 0 Å². The lowest BCUT2D eigenvalue weighted by molar-refractivity contribution is -0.123. The third-order valence-electron chi connectivity index (χ3n) is 1.85. The van der Waals surface area contributed by atoms with Crippen LogP contribution >= 0.6 is 0 Å². The number of hydrogen-bond acceptors (Lipinski definition) is 2. The molecule has 15 heavy (non-hydrogen) atoms. The summed E-state index contributed by atoms with van der Waals surface area (Å²) < 4.78 is 0. The third kappa shape index (κ3) is 6.71. The molecule has 0 fully saturated rings. The van der Waals surface area contributed by atoms with Crippen molar-refractivity contribution < 1.29 is 9.59 Å². The van der Waals surface area contributed by atoms with Gasteiger partial charge in [0.05, 0.1) is 0 Å². The molecule has 0 atom stereocenters. The van der Waals surface area contributed by atoms with Crippen molar-refractivity contribution in [3.8, 4) is 0 Å². The number of nitrogens with one attached hydrogen (secondary N) is 2. The topological polar surface area (TPSA) is 58.2 Å². The van der Waals surface area contributed by atoms with Crippen molar-refractivity contribution in [3.63, 3.8) is 0 Å². The van der Waals surface area contributed by atoms with Gasteiger partial charge in [-0.2, -0.15) is 0 Å². The van der Waals surface area contributed by atoms with Gasteiger partial charge in [-0.05, 0) is 13.3 Å². The molecule has 0 saturated heterocycles. The minimum absolute atomic E-state index is 0.00927. The Labute approximate surface area is 91.1 Å². The predicted octanol–water partition coefficient (Wildman–Crippen LogP) is 0.841. The first-order valence-corrected chi connectivity index (χ1v) is 5.16. The molecule has 0 saturated carbocycles. The van der Waals surface area contributed by atoms with Crippen LogP contribution in [0.5, 0.6) is 0 Å². The number of carbonyl (C=O) groups excluding carboxylic acids is 2. The van der Waals surface area contributed by atoms with Crippen LogP contribution in [-0.2, 0) is 9.59 Å². The second-order valence-electron chi connectivity index (χ2n) is 3.84. The van der Waals surface area contributed by atoms with Crippen LogP contribution in [0.2, 0.25) is 0 Å². The Hall–Kier alpha value is -1.32. The normalized spacial score (nSPS) is 9.87. The molecule has 86 valence electrons. The Kier molecular flexibility index (Phi) is 6.42. The largest absolute Gasteiger partial charge is 0.356 e. The van der Waals surface area contributed by atoms with Crippen molar-refractivity contribution >= 4 is 11.8 Å². The first kappa shape index (κ1) is 13.7. The fourth-order valence-electron chi connectivity index (χ4n) is 0.857. The van der Waals surface area contributed by atoms with E-state index in [1.54, 1.807) is 6.92 Å². The SMILES string of the molecule is C=C(C)C(=O)NCCCNC(=O)C(C)C. The van der Waals surface area contributed by atoms with E-state index in [4.69, 9.17) is 0 Å². The Balaban J connectivity index is 3.44. The maximum Gasteiger partial charge on any atom is 0.246 e. The lowest BCUT2D eigenvalue weighted by atomic mass is 10.2. The van der Waals surface area contributed by atoms with E-state index in [-0.39, 0.29) is 17.7 Å². The quantitative estimate of drug-likeness (QED) is 0.506. The average molecular weight is 212 g/mol. The van der Waals surface area contributed by atoms with E-state index >= 15 is 0 Å². The predicted molar refractivity (Wildman–Crippen MR) is 60.3 cm³/mol. The van der Waals surface area contributed by atoms with Crippen LogP contribution in [0.1, 0.15) is 27.2 Å². The zero-order valence-electron chi connectivity index (χ0n) is 9.72. The molecule has 0 rings (SSSR count). The molecule has 2 amide bonds. The summed E-state index contributed by atoms with van der Waals surface area (Å²) in [5.41, 5.74) is 0.501. The summed E-state index contributed by atoms with van der Waals surface area (Å²) in [4.78, 5) is 22.2. The zero-order valence-corrected chi connectivity index (χ0v) is 9.72. The number of amides is 2. The molecule has 0 heterocycles. The van der Waals surface area contributed by atoms with Crippen molar-refractivity contribution in [2.45, 2.75) is 27.2 Å². The highest BCUT2D eigenvalue weighted by atomic mass is 16.2. The number of carbonyl (C=O) groups is 2. The van der Waals surface area contributed by atoms with E-state index in [0.29, 0.717) is 18.7 Å². The Bertz CT molecular complexity index is 247. The van der Waals surface area contributed by atoms with Crippen LogP contribution in [0, 0.1) is 5.92 Å². The molecule has 0 aliphatic heterocycles. The van der Waals surface area contributed by atoms with Gasteiger partial charge in [-0.25, -0.2) is 0 Å². The van der Waals surface area contributed by atoms with E-state index in [1.807, 2.05) is 13.8 Å². The third-order valence-corrected chi connectivity index (χ3v) is 1.85. The molecular weight excluding hydrogens is 192 g/mol. The van der Waals surface area contributed by atoms with Gasteiger partial charge in [-0.1, -0.05) is 20.4 Å². The summed E-state index contributed by atoms with van der Waals surface area (Å²) in [6, 6.07) is 0. The second kappa shape index (κ2) is 7.04. The molecule has 0 spiro atoms. The van der Waals surface area contributed by atoms with Crippen molar-refractivity contribution in [1.29, 1.82) is 0 Å². The minimum atomic E-state index is -0.134. The smallest absolute Gasteiger partial charge is 0.246 e. The Morgan fingerprint density at radius 3 is 2.20 bits per heavy atom. The molecule has 2 N–H and O–H groups in total. The Morgan fingerprint density at radius 2 is 1.73 bits per heavy atom. The molecule has 0 unspecified atom stereocenters. The molecule has 4 nitrogen and oxygen atoms in total. The van der Waals surface area contributed by atoms with Gasteiger partial charge in [-0.3, -0.25) is 9.59 Å². The van der Waals surface area contributed by atoms with E-state index < -0.39 is 0 Å². The van der Waals surface area contributed by atoms with Gasteiger partial charge < -0.3 is 10.6 Å². The first-order chi connectivity index (χ1) is 6.95. The van der Waals surface area contributed by atoms with Gasteiger partial charge in [-0.15, -0.1) is 0 Å². The van der Waals surface area contributed by atoms with Crippen molar-refractivity contribution in [2.75, 3.05) is 13.1 Å². The van der Waals surface area contributed by atoms with Gasteiger partial charge in [0.15, 0.2) is 0 Å². The standard InChI is InChI=1S/C11H20N2O2/c1-8(2)10(14)12-6-5-7-13-11(15)9(3)4/h9H,1,5-7H2,2-4H3,(H,12,14)(H,13,15). The summed E-state index contributed by atoms with van der Waals surface area (Å²) in [7, 11) is 0. The molecule has 0 aromatic heterocycles. The molecular formula is C11H20N2O2.